The summed E-state index contributed by atoms with van der Waals surface area (Å²) in [4.78, 5) is 11.1. The number of halogens is 1. The Labute approximate surface area is 83.9 Å². The summed E-state index contributed by atoms with van der Waals surface area (Å²) in [5.74, 6) is -0.788. The first-order valence-electron chi connectivity index (χ1n) is 4.40. The highest BCUT2D eigenvalue weighted by Gasteiger charge is 2.09. The minimum Gasteiger partial charge on any atom is -0.323 e. The quantitative estimate of drug-likeness (QED) is 0.700. The molecule has 2 nitrogen and oxygen atoms in total. The van der Waals surface area contributed by atoms with Gasteiger partial charge < -0.3 is 5.32 Å². The van der Waals surface area contributed by atoms with Crippen LogP contribution in [0.3, 0.4) is 0 Å². The summed E-state index contributed by atoms with van der Waals surface area (Å²) in [6, 6.07) is 3.15. The number of carbonyl (C=O) groups is 1. The smallest absolute Gasteiger partial charge is 0.224 e. The fourth-order valence-electron chi connectivity index (χ4n) is 1.07. The summed E-state index contributed by atoms with van der Waals surface area (Å²) in [5, 5.41) is 2.48. The molecular formula is C10H11BFNO. The zero-order valence-electron chi connectivity index (χ0n) is 8.23. The summed E-state index contributed by atoms with van der Waals surface area (Å²) < 4.78 is 13.4. The van der Waals surface area contributed by atoms with E-state index in [1.54, 1.807) is 19.9 Å². The van der Waals surface area contributed by atoms with Gasteiger partial charge in [-0.15, -0.1) is 0 Å². The number of anilines is 1. The van der Waals surface area contributed by atoms with Crippen LogP contribution in [-0.4, -0.2) is 13.8 Å². The van der Waals surface area contributed by atoms with Crippen molar-refractivity contribution < 1.29 is 9.18 Å². The van der Waals surface area contributed by atoms with Gasteiger partial charge in [-0.2, -0.15) is 0 Å². The molecule has 1 aromatic rings. The monoisotopic (exact) mass is 191 g/mol. The molecule has 0 aliphatic heterocycles. The molecule has 1 N–H and O–H groups in total. The Hall–Kier alpha value is -1.32. The van der Waals surface area contributed by atoms with Crippen molar-refractivity contribution in [3.8, 4) is 0 Å². The number of rotatable bonds is 2. The van der Waals surface area contributed by atoms with Gasteiger partial charge in [-0.1, -0.05) is 24.5 Å². The van der Waals surface area contributed by atoms with Crippen molar-refractivity contribution in [1.82, 2.24) is 0 Å². The molecule has 0 aliphatic rings. The van der Waals surface area contributed by atoms with Crippen LogP contribution in [0.2, 0.25) is 0 Å². The Morgan fingerprint density at radius 2 is 2.21 bits per heavy atom. The molecule has 0 spiro atoms. The fraction of sp³-hybridized carbons (Fsp3) is 0.300. The summed E-state index contributed by atoms with van der Waals surface area (Å²) in [6.07, 6.45) is 0.313. The number of nitrogens with one attached hydrogen (secondary N) is 1. The van der Waals surface area contributed by atoms with Gasteiger partial charge in [0.2, 0.25) is 5.91 Å². The largest absolute Gasteiger partial charge is 0.323 e. The van der Waals surface area contributed by atoms with Gasteiger partial charge in [0.25, 0.3) is 0 Å². The van der Waals surface area contributed by atoms with E-state index in [2.05, 4.69) is 5.32 Å². The maximum absolute atomic E-state index is 13.4. The van der Waals surface area contributed by atoms with E-state index < -0.39 is 5.82 Å². The van der Waals surface area contributed by atoms with Gasteiger partial charge in [0, 0.05) is 6.42 Å². The topological polar surface area (TPSA) is 29.1 Å². The molecule has 0 fully saturated rings. The van der Waals surface area contributed by atoms with Gasteiger partial charge >= 0.3 is 0 Å². The second-order valence-electron chi connectivity index (χ2n) is 3.06. The predicted octanol–water partition coefficient (Wildman–Crippen LogP) is 1.28. The molecule has 0 aromatic heterocycles. The van der Waals surface area contributed by atoms with Gasteiger partial charge in [0.05, 0.1) is 5.69 Å². The lowest BCUT2D eigenvalue weighted by Crippen LogP contribution is -2.17. The second-order valence-corrected chi connectivity index (χ2v) is 3.06. The Balaban J connectivity index is 3.06. The predicted molar refractivity (Wildman–Crippen MR) is 55.4 cm³/mol. The average Bonchev–Trinajstić information content (AvgIpc) is 2.18. The van der Waals surface area contributed by atoms with Gasteiger partial charge in [-0.25, -0.2) is 4.39 Å². The number of carbonyl (C=O) groups excluding carboxylic acids is 1. The molecule has 1 aromatic carbocycles. The van der Waals surface area contributed by atoms with Crippen molar-refractivity contribution in [3.05, 3.63) is 23.5 Å². The Morgan fingerprint density at radius 3 is 2.79 bits per heavy atom. The number of amides is 1. The van der Waals surface area contributed by atoms with Crippen molar-refractivity contribution in [1.29, 1.82) is 0 Å². The first kappa shape index (κ1) is 10.8. The molecule has 0 atom stereocenters. The van der Waals surface area contributed by atoms with E-state index in [0.717, 1.165) is 0 Å². The summed E-state index contributed by atoms with van der Waals surface area (Å²) in [7, 11) is 5.38. The highest BCUT2D eigenvalue weighted by Crippen LogP contribution is 2.16. The van der Waals surface area contributed by atoms with Crippen LogP contribution in [0.5, 0.6) is 0 Å². The van der Waals surface area contributed by atoms with E-state index in [9.17, 15) is 9.18 Å². The minimum absolute atomic E-state index is 0.0435. The highest BCUT2D eigenvalue weighted by molar-refractivity contribution is 6.33. The lowest BCUT2D eigenvalue weighted by Gasteiger charge is -2.10. The van der Waals surface area contributed by atoms with Crippen molar-refractivity contribution in [2.45, 2.75) is 20.3 Å². The van der Waals surface area contributed by atoms with Crippen LogP contribution in [0.4, 0.5) is 10.1 Å². The van der Waals surface area contributed by atoms with E-state index in [0.29, 0.717) is 12.0 Å². The average molecular weight is 191 g/mol. The summed E-state index contributed by atoms with van der Waals surface area (Å²) >= 11 is 0. The van der Waals surface area contributed by atoms with Gasteiger partial charge in [0.15, 0.2) is 0 Å². The minimum atomic E-state index is -0.563. The molecule has 72 valence electrons. The molecular weight excluding hydrogens is 180 g/mol. The van der Waals surface area contributed by atoms with E-state index in [-0.39, 0.29) is 17.1 Å². The van der Waals surface area contributed by atoms with E-state index >= 15 is 0 Å². The third kappa shape index (κ3) is 2.13. The van der Waals surface area contributed by atoms with E-state index in [1.807, 2.05) is 0 Å². The van der Waals surface area contributed by atoms with Crippen LogP contribution < -0.4 is 10.8 Å². The van der Waals surface area contributed by atoms with Gasteiger partial charge in [0.1, 0.15) is 13.7 Å². The molecule has 14 heavy (non-hydrogen) atoms. The number of hydrogen-bond donors (Lipinski definition) is 1. The number of hydrogen-bond acceptors (Lipinski definition) is 1. The summed E-state index contributed by atoms with van der Waals surface area (Å²) in [6.45, 7) is 3.42. The Bertz CT molecular complexity index is 365. The van der Waals surface area contributed by atoms with Crippen LogP contribution in [0.25, 0.3) is 0 Å². The SMILES string of the molecule is [B]c1ccc(C)c(NC(=O)CC)c1F. The first-order valence-corrected chi connectivity index (χ1v) is 4.40. The van der Waals surface area contributed by atoms with Gasteiger partial charge in [-0.3, -0.25) is 4.79 Å². The second kappa shape index (κ2) is 4.27. The highest BCUT2D eigenvalue weighted by atomic mass is 19.1. The Kier molecular flexibility index (Phi) is 3.28. The molecule has 0 heterocycles. The maximum Gasteiger partial charge on any atom is 0.224 e. The lowest BCUT2D eigenvalue weighted by atomic mass is 9.93. The molecule has 2 radical (unpaired) electrons. The molecule has 1 rings (SSSR count). The van der Waals surface area contributed by atoms with Crippen LogP contribution in [-0.2, 0) is 4.79 Å². The van der Waals surface area contributed by atoms with Crippen molar-refractivity contribution in [2.75, 3.05) is 5.32 Å². The van der Waals surface area contributed by atoms with Crippen molar-refractivity contribution in [3.63, 3.8) is 0 Å². The number of aryl methyl sites for hydroxylation is 1. The zero-order valence-corrected chi connectivity index (χ0v) is 8.23. The van der Waals surface area contributed by atoms with Crippen molar-refractivity contribution in [2.24, 2.45) is 0 Å². The molecule has 1 amide bonds. The summed E-state index contributed by atoms with van der Waals surface area (Å²) in [5.41, 5.74) is 0.886. The molecule has 0 unspecified atom stereocenters. The van der Waals surface area contributed by atoms with Crippen LogP contribution in [0.1, 0.15) is 18.9 Å². The molecule has 0 saturated carbocycles. The molecule has 4 heteroatoms. The Morgan fingerprint density at radius 1 is 1.57 bits per heavy atom. The van der Waals surface area contributed by atoms with Crippen molar-refractivity contribution >= 4 is 24.9 Å². The third-order valence-corrected chi connectivity index (χ3v) is 1.97. The fourth-order valence-corrected chi connectivity index (χ4v) is 1.07. The van der Waals surface area contributed by atoms with Crippen LogP contribution in [0, 0.1) is 12.7 Å². The maximum atomic E-state index is 13.4. The lowest BCUT2D eigenvalue weighted by molar-refractivity contribution is -0.115. The normalized spacial score (nSPS) is 9.93. The van der Waals surface area contributed by atoms with Crippen LogP contribution >= 0.6 is 0 Å². The van der Waals surface area contributed by atoms with Gasteiger partial charge in [-0.05, 0) is 12.5 Å². The molecule has 0 aliphatic carbocycles. The van der Waals surface area contributed by atoms with E-state index in [4.69, 9.17) is 7.85 Å². The molecule has 0 saturated heterocycles. The molecule has 0 bridgehead atoms. The first-order chi connectivity index (χ1) is 6.56. The standard InChI is InChI=1S/C10H11BFNO/c1-3-8(14)13-10-6(2)4-5-7(11)9(10)12/h4-5H,3H2,1-2H3,(H,13,14). The number of benzene rings is 1. The zero-order chi connectivity index (χ0) is 10.7. The third-order valence-electron chi connectivity index (χ3n) is 1.97. The van der Waals surface area contributed by atoms with E-state index in [1.165, 1.54) is 6.07 Å². The van der Waals surface area contributed by atoms with Crippen LogP contribution in [0.15, 0.2) is 12.1 Å².